The average Bonchev–Trinajstić information content (AvgIpc) is 2.17. The highest BCUT2D eigenvalue weighted by Crippen LogP contribution is 2.31. The second-order valence-corrected chi connectivity index (χ2v) is 5.98. The monoisotopic (exact) mass is 233 g/mol. The summed E-state index contributed by atoms with van der Waals surface area (Å²) in [5, 5.41) is 0. The van der Waals surface area contributed by atoms with Crippen LogP contribution in [0.15, 0.2) is 0 Å². The van der Waals surface area contributed by atoms with Crippen LogP contribution in [0.1, 0.15) is 45.4 Å². The summed E-state index contributed by atoms with van der Waals surface area (Å²) in [6.45, 7) is 2.70. The van der Waals surface area contributed by atoms with Gasteiger partial charge in [-0.2, -0.15) is 12.7 Å². The fourth-order valence-electron chi connectivity index (χ4n) is 2.56. The first-order valence-corrected chi connectivity index (χ1v) is 7.20. The van der Waals surface area contributed by atoms with Crippen molar-refractivity contribution in [1.29, 1.82) is 0 Å². The third-order valence-electron chi connectivity index (χ3n) is 3.26. The van der Waals surface area contributed by atoms with E-state index < -0.39 is 10.3 Å². The summed E-state index contributed by atoms with van der Waals surface area (Å²) in [6.07, 6.45) is 5.75. The third-order valence-corrected chi connectivity index (χ3v) is 4.83. The van der Waals surface area contributed by atoms with Gasteiger partial charge in [-0.05, 0) is 25.7 Å². The summed E-state index contributed by atoms with van der Waals surface area (Å²) in [5.41, 5.74) is 0. The number of hydrogen-bond acceptors (Lipinski definition) is 3. The summed E-state index contributed by atoms with van der Waals surface area (Å²) < 4.78 is 30.3. The number of nitrogens with zero attached hydrogens (tertiary/aromatic N) is 1. The fraction of sp³-hybridized carbons (Fsp3) is 1.00. The number of fused-ring (bicyclic) bond motifs is 1. The Balaban J connectivity index is 2.11. The highest BCUT2D eigenvalue weighted by atomic mass is 32.2. The van der Waals surface area contributed by atoms with Crippen molar-refractivity contribution in [2.75, 3.05) is 6.54 Å². The summed E-state index contributed by atoms with van der Waals surface area (Å²) in [6, 6.07) is 0.203. The molecule has 88 valence electrons. The predicted molar refractivity (Wildman–Crippen MR) is 57.7 cm³/mol. The Morgan fingerprint density at radius 2 is 2.20 bits per heavy atom. The standard InChI is InChI=1S/C10H19NO3S/c1-2-5-10-8-9-6-3-4-7-11(9)15(12,13)14-10/h9-10H,2-8H2,1H3/t9-,10-/m1/s1. The molecule has 0 unspecified atom stereocenters. The molecule has 0 aromatic heterocycles. The van der Waals surface area contributed by atoms with Gasteiger partial charge in [0.05, 0.1) is 6.10 Å². The summed E-state index contributed by atoms with van der Waals surface area (Å²) in [5.74, 6) is 0. The Morgan fingerprint density at radius 3 is 2.93 bits per heavy atom. The maximum Gasteiger partial charge on any atom is 0.338 e. The molecule has 2 saturated heterocycles. The Bertz CT molecular complexity index is 315. The normalized spacial score (nSPS) is 36.1. The fourth-order valence-corrected chi connectivity index (χ4v) is 4.10. The molecule has 2 aliphatic rings. The van der Waals surface area contributed by atoms with Crippen molar-refractivity contribution >= 4 is 10.3 Å². The summed E-state index contributed by atoms with van der Waals surface area (Å²) >= 11 is 0. The van der Waals surface area contributed by atoms with Crippen LogP contribution >= 0.6 is 0 Å². The maximum absolute atomic E-state index is 11.8. The van der Waals surface area contributed by atoms with E-state index in [9.17, 15) is 8.42 Å². The number of hydrogen-bond donors (Lipinski definition) is 0. The smallest absolute Gasteiger partial charge is 0.254 e. The first-order chi connectivity index (χ1) is 7.13. The minimum absolute atomic E-state index is 0.0839. The van der Waals surface area contributed by atoms with Crippen LogP contribution in [0, 0.1) is 0 Å². The van der Waals surface area contributed by atoms with Gasteiger partial charge >= 0.3 is 10.3 Å². The van der Waals surface area contributed by atoms with Crippen LogP contribution in [0.2, 0.25) is 0 Å². The van der Waals surface area contributed by atoms with Crippen molar-refractivity contribution in [3.05, 3.63) is 0 Å². The van der Waals surface area contributed by atoms with E-state index in [0.29, 0.717) is 6.54 Å². The van der Waals surface area contributed by atoms with E-state index in [-0.39, 0.29) is 12.1 Å². The molecule has 4 nitrogen and oxygen atoms in total. The van der Waals surface area contributed by atoms with Gasteiger partial charge in [0.25, 0.3) is 0 Å². The van der Waals surface area contributed by atoms with E-state index in [1.807, 2.05) is 0 Å². The van der Waals surface area contributed by atoms with Crippen LogP contribution in [0.3, 0.4) is 0 Å². The zero-order valence-corrected chi connectivity index (χ0v) is 10.0. The highest BCUT2D eigenvalue weighted by Gasteiger charge is 2.40. The topological polar surface area (TPSA) is 46.6 Å². The van der Waals surface area contributed by atoms with Crippen molar-refractivity contribution in [2.24, 2.45) is 0 Å². The molecule has 2 aliphatic heterocycles. The molecule has 0 N–H and O–H groups in total. The van der Waals surface area contributed by atoms with E-state index in [4.69, 9.17) is 4.18 Å². The molecule has 0 radical (unpaired) electrons. The predicted octanol–water partition coefficient (Wildman–Crippen LogP) is 1.67. The Kier molecular flexibility index (Phi) is 3.33. The molecule has 0 aliphatic carbocycles. The van der Waals surface area contributed by atoms with Crippen LogP contribution in [0.5, 0.6) is 0 Å². The van der Waals surface area contributed by atoms with Gasteiger partial charge in [-0.1, -0.05) is 19.8 Å². The second kappa shape index (κ2) is 4.39. The van der Waals surface area contributed by atoms with Gasteiger partial charge in [-0.15, -0.1) is 0 Å². The van der Waals surface area contributed by atoms with Gasteiger partial charge < -0.3 is 0 Å². The van der Waals surface area contributed by atoms with E-state index in [0.717, 1.165) is 38.5 Å². The lowest BCUT2D eigenvalue weighted by Gasteiger charge is -2.40. The molecule has 0 bridgehead atoms. The van der Waals surface area contributed by atoms with Gasteiger partial charge in [0, 0.05) is 12.6 Å². The van der Waals surface area contributed by atoms with Crippen molar-refractivity contribution < 1.29 is 12.6 Å². The van der Waals surface area contributed by atoms with Crippen molar-refractivity contribution in [3.8, 4) is 0 Å². The minimum atomic E-state index is -3.42. The van der Waals surface area contributed by atoms with Gasteiger partial charge in [0.2, 0.25) is 0 Å². The summed E-state index contributed by atoms with van der Waals surface area (Å²) in [7, 11) is -3.42. The first-order valence-electron chi connectivity index (χ1n) is 5.83. The van der Waals surface area contributed by atoms with Crippen molar-refractivity contribution in [2.45, 2.75) is 57.6 Å². The highest BCUT2D eigenvalue weighted by molar-refractivity contribution is 7.84. The van der Waals surface area contributed by atoms with Gasteiger partial charge in [-0.25, -0.2) is 0 Å². The third kappa shape index (κ3) is 2.34. The molecular weight excluding hydrogens is 214 g/mol. The van der Waals surface area contributed by atoms with Gasteiger partial charge in [0.1, 0.15) is 0 Å². The second-order valence-electron chi connectivity index (χ2n) is 4.46. The molecule has 0 saturated carbocycles. The molecule has 0 amide bonds. The molecule has 0 spiro atoms. The first kappa shape index (κ1) is 11.4. The number of piperidine rings is 1. The van der Waals surface area contributed by atoms with E-state index >= 15 is 0 Å². The molecule has 2 rings (SSSR count). The Morgan fingerprint density at radius 1 is 1.40 bits per heavy atom. The SMILES string of the molecule is CCC[C@@H]1C[C@H]2CCCCN2S(=O)(=O)O1. The quantitative estimate of drug-likeness (QED) is 0.729. The van der Waals surface area contributed by atoms with E-state index in [2.05, 4.69) is 6.92 Å². The minimum Gasteiger partial charge on any atom is -0.254 e. The molecule has 0 aromatic carbocycles. The van der Waals surface area contributed by atoms with Crippen LogP contribution in [-0.2, 0) is 14.5 Å². The molecule has 2 heterocycles. The van der Waals surface area contributed by atoms with Gasteiger partial charge in [0.15, 0.2) is 0 Å². The molecule has 5 heteroatoms. The van der Waals surface area contributed by atoms with Crippen LogP contribution in [0.4, 0.5) is 0 Å². The van der Waals surface area contributed by atoms with Crippen LogP contribution < -0.4 is 0 Å². The van der Waals surface area contributed by atoms with E-state index in [1.54, 1.807) is 4.31 Å². The van der Waals surface area contributed by atoms with Crippen LogP contribution in [0.25, 0.3) is 0 Å². The lowest BCUT2D eigenvalue weighted by Crippen LogP contribution is -2.51. The molecular formula is C10H19NO3S. The van der Waals surface area contributed by atoms with Gasteiger partial charge in [-0.3, -0.25) is 4.18 Å². The largest absolute Gasteiger partial charge is 0.338 e. The molecule has 2 fully saturated rings. The zero-order valence-electron chi connectivity index (χ0n) is 9.18. The maximum atomic E-state index is 11.8. The number of rotatable bonds is 2. The van der Waals surface area contributed by atoms with Crippen molar-refractivity contribution in [1.82, 2.24) is 4.31 Å². The average molecular weight is 233 g/mol. The zero-order chi connectivity index (χ0) is 10.9. The molecule has 2 atom stereocenters. The Labute approximate surface area is 91.9 Å². The van der Waals surface area contributed by atoms with E-state index in [1.165, 1.54) is 0 Å². The van der Waals surface area contributed by atoms with Crippen LogP contribution in [-0.4, -0.2) is 31.4 Å². The molecule has 15 heavy (non-hydrogen) atoms. The lowest BCUT2D eigenvalue weighted by molar-refractivity contribution is 0.0746. The summed E-state index contributed by atoms with van der Waals surface area (Å²) in [4.78, 5) is 0. The Hall–Kier alpha value is -0.130. The molecule has 0 aromatic rings. The lowest BCUT2D eigenvalue weighted by atomic mass is 9.97. The van der Waals surface area contributed by atoms with Crippen molar-refractivity contribution in [3.63, 3.8) is 0 Å².